The maximum absolute atomic E-state index is 11.4. The van der Waals surface area contributed by atoms with Crippen LogP contribution in [0.15, 0.2) is 24.5 Å². The molecule has 2 atom stereocenters. The van der Waals surface area contributed by atoms with E-state index >= 15 is 0 Å². The second-order valence-electron chi connectivity index (χ2n) is 6.93. The van der Waals surface area contributed by atoms with Gasteiger partial charge in [0.2, 0.25) is 0 Å². The number of carboxylic acid groups (broad SMARTS) is 1. The summed E-state index contributed by atoms with van der Waals surface area (Å²) in [5.74, 6) is 0. The maximum Gasteiger partial charge on any atom is 0.407 e. The zero-order valence-electron chi connectivity index (χ0n) is 13.3. The number of anilines is 1. The number of aromatic nitrogens is 1. The van der Waals surface area contributed by atoms with Gasteiger partial charge >= 0.3 is 6.09 Å². The van der Waals surface area contributed by atoms with E-state index in [1.54, 1.807) is 4.90 Å². The summed E-state index contributed by atoms with van der Waals surface area (Å²) < 4.78 is 0. The van der Waals surface area contributed by atoms with Crippen LogP contribution in [0.2, 0.25) is 0 Å². The Labute approximate surface area is 136 Å². The largest absolute Gasteiger partial charge is 0.465 e. The molecule has 2 bridgehead atoms. The molecule has 0 radical (unpaired) electrons. The average molecular weight is 316 g/mol. The Morgan fingerprint density at radius 3 is 2.17 bits per heavy atom. The first-order valence-corrected chi connectivity index (χ1v) is 8.62. The van der Waals surface area contributed by atoms with Gasteiger partial charge in [-0.05, 0) is 37.8 Å². The summed E-state index contributed by atoms with van der Waals surface area (Å²) in [4.78, 5) is 22.2. The Hall–Kier alpha value is -1.82. The zero-order valence-corrected chi connectivity index (χ0v) is 13.3. The highest BCUT2D eigenvalue weighted by Gasteiger charge is 2.45. The number of piperidine rings is 1. The number of nitrogens with zero attached hydrogens (tertiary/aromatic N) is 4. The van der Waals surface area contributed by atoms with Gasteiger partial charge in [-0.15, -0.1) is 0 Å². The third kappa shape index (κ3) is 2.76. The lowest BCUT2D eigenvalue weighted by atomic mass is 9.95. The molecule has 0 saturated carbocycles. The van der Waals surface area contributed by atoms with Crippen LogP contribution >= 0.6 is 0 Å². The number of hydrogen-bond acceptors (Lipinski definition) is 4. The van der Waals surface area contributed by atoms with Crippen LogP contribution in [-0.2, 0) is 0 Å². The van der Waals surface area contributed by atoms with E-state index in [0.717, 1.165) is 51.9 Å². The zero-order chi connectivity index (χ0) is 15.8. The molecule has 23 heavy (non-hydrogen) atoms. The molecular formula is C17H24N4O2. The molecule has 6 nitrogen and oxygen atoms in total. The predicted molar refractivity (Wildman–Crippen MR) is 87.7 cm³/mol. The predicted octanol–water partition coefficient (Wildman–Crippen LogP) is 1.88. The molecule has 6 heteroatoms. The number of carbonyl (C=O) groups is 1. The Balaban J connectivity index is 1.36. The summed E-state index contributed by atoms with van der Waals surface area (Å²) >= 11 is 0. The minimum Gasteiger partial charge on any atom is -0.465 e. The van der Waals surface area contributed by atoms with Gasteiger partial charge in [0.25, 0.3) is 0 Å². The molecule has 3 fully saturated rings. The fraction of sp³-hybridized carbons (Fsp3) is 0.647. The number of piperazine rings is 1. The summed E-state index contributed by atoms with van der Waals surface area (Å²) in [6.07, 6.45) is 7.09. The molecule has 0 aliphatic carbocycles. The Morgan fingerprint density at radius 1 is 1.00 bits per heavy atom. The number of amides is 1. The van der Waals surface area contributed by atoms with Crippen molar-refractivity contribution in [2.24, 2.45) is 0 Å². The van der Waals surface area contributed by atoms with Crippen LogP contribution in [0.3, 0.4) is 0 Å². The van der Waals surface area contributed by atoms with Crippen molar-refractivity contribution in [2.75, 3.05) is 31.1 Å². The van der Waals surface area contributed by atoms with E-state index in [2.05, 4.69) is 26.9 Å². The highest BCUT2D eigenvalue weighted by molar-refractivity contribution is 5.66. The number of rotatable bonds is 2. The molecule has 1 amide bonds. The van der Waals surface area contributed by atoms with E-state index in [0.29, 0.717) is 6.04 Å². The third-order valence-corrected chi connectivity index (χ3v) is 5.79. The van der Waals surface area contributed by atoms with Crippen LogP contribution in [0.25, 0.3) is 0 Å². The average Bonchev–Trinajstić information content (AvgIpc) is 2.86. The molecule has 4 rings (SSSR count). The van der Waals surface area contributed by atoms with Crippen molar-refractivity contribution in [1.29, 1.82) is 0 Å². The van der Waals surface area contributed by atoms with E-state index in [-0.39, 0.29) is 12.1 Å². The van der Waals surface area contributed by atoms with Crippen LogP contribution in [0, 0.1) is 0 Å². The standard InChI is InChI=1S/C17H24N4O2/c22-17(23)21-14-1-2-15(21)12-16(11-14)20-9-7-19(8-10-20)13-3-5-18-6-4-13/h3-6,14-16H,1-2,7-12H2,(H,22,23). The lowest BCUT2D eigenvalue weighted by Gasteiger charge is -2.45. The van der Waals surface area contributed by atoms with Crippen molar-refractivity contribution in [2.45, 2.75) is 43.8 Å². The van der Waals surface area contributed by atoms with Gasteiger partial charge in [0.1, 0.15) is 0 Å². The number of fused-ring (bicyclic) bond motifs is 2. The van der Waals surface area contributed by atoms with Gasteiger partial charge in [0, 0.05) is 62.4 Å². The van der Waals surface area contributed by atoms with E-state index in [1.165, 1.54) is 5.69 Å². The van der Waals surface area contributed by atoms with Gasteiger partial charge in [-0.2, -0.15) is 0 Å². The molecule has 0 aromatic carbocycles. The smallest absolute Gasteiger partial charge is 0.407 e. The summed E-state index contributed by atoms with van der Waals surface area (Å²) in [5.41, 5.74) is 1.25. The van der Waals surface area contributed by atoms with Crippen LogP contribution in [0.1, 0.15) is 25.7 Å². The fourth-order valence-electron chi connectivity index (χ4n) is 4.66. The first kappa shape index (κ1) is 14.8. The van der Waals surface area contributed by atoms with Crippen LogP contribution in [0.5, 0.6) is 0 Å². The lowest BCUT2D eigenvalue weighted by Crippen LogP contribution is -2.56. The van der Waals surface area contributed by atoms with Crippen molar-refractivity contribution < 1.29 is 9.90 Å². The van der Waals surface area contributed by atoms with Crippen molar-refractivity contribution in [3.8, 4) is 0 Å². The van der Waals surface area contributed by atoms with Crippen LogP contribution < -0.4 is 4.90 Å². The minimum atomic E-state index is -0.724. The molecule has 4 heterocycles. The number of hydrogen-bond donors (Lipinski definition) is 1. The maximum atomic E-state index is 11.4. The van der Waals surface area contributed by atoms with E-state index in [1.807, 2.05) is 12.4 Å². The molecule has 1 N–H and O–H groups in total. The summed E-state index contributed by atoms with van der Waals surface area (Å²) in [6, 6.07) is 5.19. The summed E-state index contributed by atoms with van der Waals surface area (Å²) in [7, 11) is 0. The van der Waals surface area contributed by atoms with Crippen molar-refractivity contribution in [3.63, 3.8) is 0 Å². The molecule has 1 aromatic heterocycles. The normalized spacial score (nSPS) is 31.4. The lowest BCUT2D eigenvalue weighted by molar-refractivity contribution is 0.0544. The quantitative estimate of drug-likeness (QED) is 0.903. The molecular weight excluding hydrogens is 292 g/mol. The SMILES string of the molecule is O=C(O)N1C2CCC1CC(N1CCN(c3ccncc3)CC1)C2. The molecule has 3 saturated heterocycles. The van der Waals surface area contributed by atoms with Crippen molar-refractivity contribution in [1.82, 2.24) is 14.8 Å². The first-order chi connectivity index (χ1) is 11.2. The van der Waals surface area contributed by atoms with Crippen molar-refractivity contribution >= 4 is 11.8 Å². The highest BCUT2D eigenvalue weighted by Crippen LogP contribution is 2.37. The number of pyridine rings is 1. The molecule has 2 unspecified atom stereocenters. The Kier molecular flexibility index (Phi) is 3.85. The van der Waals surface area contributed by atoms with E-state index in [4.69, 9.17) is 0 Å². The van der Waals surface area contributed by atoms with Gasteiger partial charge in [0.15, 0.2) is 0 Å². The van der Waals surface area contributed by atoms with E-state index < -0.39 is 6.09 Å². The molecule has 124 valence electrons. The summed E-state index contributed by atoms with van der Waals surface area (Å²) in [6.45, 7) is 4.22. The topological polar surface area (TPSA) is 59.9 Å². The van der Waals surface area contributed by atoms with Gasteiger partial charge in [-0.1, -0.05) is 0 Å². The Bertz CT molecular complexity index is 545. The minimum absolute atomic E-state index is 0.245. The fourth-order valence-corrected chi connectivity index (χ4v) is 4.66. The van der Waals surface area contributed by atoms with Gasteiger partial charge < -0.3 is 14.9 Å². The molecule has 3 aliphatic rings. The summed E-state index contributed by atoms with van der Waals surface area (Å²) in [5, 5.41) is 9.38. The van der Waals surface area contributed by atoms with E-state index in [9.17, 15) is 9.90 Å². The van der Waals surface area contributed by atoms with Crippen molar-refractivity contribution in [3.05, 3.63) is 24.5 Å². The third-order valence-electron chi connectivity index (χ3n) is 5.79. The van der Waals surface area contributed by atoms with Crippen LogP contribution in [-0.4, -0.2) is 70.3 Å². The second-order valence-corrected chi connectivity index (χ2v) is 6.93. The monoisotopic (exact) mass is 316 g/mol. The molecule has 3 aliphatic heterocycles. The van der Waals surface area contributed by atoms with Gasteiger partial charge in [-0.3, -0.25) is 9.88 Å². The first-order valence-electron chi connectivity index (χ1n) is 8.62. The van der Waals surface area contributed by atoms with Gasteiger partial charge in [0.05, 0.1) is 0 Å². The highest BCUT2D eigenvalue weighted by atomic mass is 16.4. The molecule has 0 spiro atoms. The van der Waals surface area contributed by atoms with Crippen LogP contribution in [0.4, 0.5) is 10.5 Å². The Morgan fingerprint density at radius 2 is 1.61 bits per heavy atom. The van der Waals surface area contributed by atoms with Gasteiger partial charge in [-0.25, -0.2) is 4.79 Å². The molecule has 1 aromatic rings. The second kappa shape index (κ2) is 6.00.